The molecule has 1 aliphatic rings. The zero-order chi connectivity index (χ0) is 21.8. The van der Waals surface area contributed by atoms with Crippen LogP contribution in [0.1, 0.15) is 41.2 Å². The number of carbonyl (C=O) groups excluding carboxylic acids is 2. The molecule has 2 N–H and O–H groups in total. The smallest absolute Gasteiger partial charge is 0.257 e. The maximum absolute atomic E-state index is 12.9. The normalized spacial score (nSPS) is 16.7. The van der Waals surface area contributed by atoms with E-state index in [1.807, 2.05) is 41.0 Å². The molecule has 1 aromatic heterocycles. The Morgan fingerprint density at radius 1 is 1.16 bits per heavy atom. The highest BCUT2D eigenvalue weighted by atomic mass is 16.3. The number of fused-ring (bicyclic) bond motifs is 1. The highest BCUT2D eigenvalue weighted by Crippen LogP contribution is 2.32. The van der Waals surface area contributed by atoms with E-state index in [-0.39, 0.29) is 24.5 Å². The van der Waals surface area contributed by atoms with Crippen LogP contribution in [0.3, 0.4) is 0 Å². The van der Waals surface area contributed by atoms with Crippen LogP contribution in [-0.4, -0.2) is 44.5 Å². The summed E-state index contributed by atoms with van der Waals surface area (Å²) >= 11 is 0. The number of imidazole rings is 1. The van der Waals surface area contributed by atoms with E-state index in [4.69, 9.17) is 0 Å². The van der Waals surface area contributed by atoms with Gasteiger partial charge >= 0.3 is 0 Å². The molecule has 0 bridgehead atoms. The van der Waals surface area contributed by atoms with Gasteiger partial charge in [0.15, 0.2) is 0 Å². The molecule has 2 aromatic carbocycles. The highest BCUT2D eigenvalue weighted by Gasteiger charge is 2.27. The van der Waals surface area contributed by atoms with E-state index < -0.39 is 0 Å². The highest BCUT2D eigenvalue weighted by molar-refractivity contribution is 6.04. The zero-order valence-corrected chi connectivity index (χ0v) is 17.3. The first-order valence-corrected chi connectivity index (χ1v) is 10.5. The molecule has 0 saturated carbocycles. The molecule has 1 fully saturated rings. The Morgan fingerprint density at radius 3 is 2.71 bits per heavy atom. The number of aliphatic hydroxyl groups is 1. The monoisotopic (exact) mass is 418 g/mol. The maximum atomic E-state index is 12.9. The van der Waals surface area contributed by atoms with E-state index in [1.54, 1.807) is 17.0 Å². The van der Waals surface area contributed by atoms with Crippen LogP contribution in [0.2, 0.25) is 0 Å². The molecular weight excluding hydrogens is 392 g/mol. The van der Waals surface area contributed by atoms with Gasteiger partial charge in [0.25, 0.3) is 5.91 Å². The number of nitrogens with one attached hydrogen (secondary N) is 1. The van der Waals surface area contributed by atoms with Gasteiger partial charge in [-0.3, -0.25) is 14.9 Å². The molecule has 1 aliphatic heterocycles. The quantitative estimate of drug-likeness (QED) is 0.621. The third kappa shape index (κ3) is 4.22. The molecule has 2 heterocycles. The summed E-state index contributed by atoms with van der Waals surface area (Å²) in [5.41, 5.74) is 2.75. The fraction of sp³-hybridized carbons (Fsp3) is 0.292. The van der Waals surface area contributed by atoms with Crippen molar-refractivity contribution in [1.29, 1.82) is 0 Å². The van der Waals surface area contributed by atoms with E-state index >= 15 is 0 Å². The number of aliphatic hydroxyl groups excluding tert-OH is 1. The number of benzene rings is 2. The number of rotatable bonds is 5. The summed E-state index contributed by atoms with van der Waals surface area (Å²) < 4.78 is 1.98. The van der Waals surface area contributed by atoms with Crippen molar-refractivity contribution in [2.45, 2.75) is 31.9 Å². The van der Waals surface area contributed by atoms with E-state index in [9.17, 15) is 14.7 Å². The molecule has 1 atom stereocenters. The van der Waals surface area contributed by atoms with Crippen molar-refractivity contribution in [2.24, 2.45) is 0 Å². The van der Waals surface area contributed by atoms with Crippen LogP contribution in [0, 0.1) is 0 Å². The Labute approximate surface area is 181 Å². The van der Waals surface area contributed by atoms with Crippen molar-refractivity contribution in [3.63, 3.8) is 0 Å². The summed E-state index contributed by atoms with van der Waals surface area (Å²) in [5.74, 6) is 0.0616. The van der Waals surface area contributed by atoms with E-state index in [0.29, 0.717) is 30.1 Å². The first kappa shape index (κ1) is 20.8. The topological polar surface area (TPSA) is 87.5 Å². The second-order valence-electron chi connectivity index (χ2n) is 7.71. The van der Waals surface area contributed by atoms with Crippen molar-refractivity contribution >= 4 is 28.8 Å². The number of likely N-dealkylation sites (tertiary alicyclic amines) is 1. The Kier molecular flexibility index (Phi) is 6.13. The Bertz CT molecular complexity index is 1110. The van der Waals surface area contributed by atoms with Crippen molar-refractivity contribution in [3.05, 3.63) is 72.3 Å². The number of anilines is 1. The fourth-order valence-electron chi connectivity index (χ4n) is 4.21. The lowest BCUT2D eigenvalue weighted by atomic mass is 10.1. The zero-order valence-electron chi connectivity index (χ0n) is 17.3. The van der Waals surface area contributed by atoms with Crippen LogP contribution in [0.25, 0.3) is 11.0 Å². The summed E-state index contributed by atoms with van der Waals surface area (Å²) in [6, 6.07) is 14.5. The van der Waals surface area contributed by atoms with Crippen LogP contribution < -0.4 is 5.32 Å². The van der Waals surface area contributed by atoms with E-state index in [2.05, 4.69) is 16.9 Å². The molecule has 1 saturated heterocycles. The van der Waals surface area contributed by atoms with Gasteiger partial charge in [-0.2, -0.15) is 0 Å². The number of aromatic nitrogens is 2. The molecule has 160 valence electrons. The number of amides is 2. The third-order valence-electron chi connectivity index (χ3n) is 5.72. The standard InChI is InChI=1S/C24H26N4O3/c1-2-21(30)27-14-7-6-12-19(15-27)28-22-18(16-29)11-8-13-20(22)25-24(28)26-23(31)17-9-4-3-5-10-17/h2-5,8-11,13,19,29H,1,6-7,12,14-16H2,(H,25,26,31). The van der Waals surface area contributed by atoms with Crippen molar-refractivity contribution in [2.75, 3.05) is 18.4 Å². The van der Waals surface area contributed by atoms with Gasteiger partial charge in [0.2, 0.25) is 11.9 Å². The van der Waals surface area contributed by atoms with Crippen LogP contribution in [0.5, 0.6) is 0 Å². The third-order valence-corrected chi connectivity index (χ3v) is 5.72. The summed E-state index contributed by atoms with van der Waals surface area (Å²) in [6.45, 7) is 4.64. The maximum Gasteiger partial charge on any atom is 0.257 e. The minimum atomic E-state index is -0.254. The van der Waals surface area contributed by atoms with Crippen LogP contribution in [0.15, 0.2) is 61.2 Å². The Hall–Kier alpha value is -3.45. The molecule has 0 radical (unpaired) electrons. The number of para-hydroxylation sites is 1. The first-order valence-electron chi connectivity index (χ1n) is 10.5. The van der Waals surface area contributed by atoms with Crippen molar-refractivity contribution in [1.82, 2.24) is 14.5 Å². The van der Waals surface area contributed by atoms with Gasteiger partial charge in [0, 0.05) is 24.2 Å². The Balaban J connectivity index is 1.79. The molecule has 3 aromatic rings. The summed E-state index contributed by atoms with van der Waals surface area (Å²) in [5, 5.41) is 12.9. The minimum absolute atomic E-state index is 0.0878. The lowest BCUT2D eigenvalue weighted by molar-refractivity contribution is -0.126. The second-order valence-corrected chi connectivity index (χ2v) is 7.71. The molecule has 0 spiro atoms. The van der Waals surface area contributed by atoms with Crippen molar-refractivity contribution < 1.29 is 14.7 Å². The molecule has 2 amide bonds. The summed E-state index contributed by atoms with van der Waals surface area (Å²) in [6.07, 6.45) is 4.02. The lowest BCUT2D eigenvalue weighted by Gasteiger charge is -2.26. The average Bonchev–Trinajstić information content (AvgIpc) is 3.00. The fourth-order valence-corrected chi connectivity index (χ4v) is 4.21. The van der Waals surface area contributed by atoms with Crippen LogP contribution in [0.4, 0.5) is 5.95 Å². The van der Waals surface area contributed by atoms with Crippen molar-refractivity contribution in [3.8, 4) is 0 Å². The first-order chi connectivity index (χ1) is 15.1. The molecule has 4 rings (SSSR count). The number of nitrogens with zero attached hydrogens (tertiary/aromatic N) is 3. The SMILES string of the molecule is C=CC(=O)N1CCCCC(n2c(NC(=O)c3ccccc3)nc3cccc(CO)c32)C1. The van der Waals surface area contributed by atoms with Crippen LogP contribution in [-0.2, 0) is 11.4 Å². The minimum Gasteiger partial charge on any atom is -0.392 e. The molecule has 7 heteroatoms. The van der Waals surface area contributed by atoms with E-state index in [1.165, 1.54) is 6.08 Å². The number of carbonyl (C=O) groups is 2. The molecule has 0 aliphatic carbocycles. The lowest BCUT2D eigenvalue weighted by Crippen LogP contribution is -2.34. The predicted molar refractivity (Wildman–Crippen MR) is 120 cm³/mol. The predicted octanol–water partition coefficient (Wildman–Crippen LogP) is 3.52. The average molecular weight is 418 g/mol. The molecular formula is C24H26N4O3. The molecule has 1 unspecified atom stereocenters. The van der Waals surface area contributed by atoms with Gasteiger partial charge in [-0.1, -0.05) is 36.9 Å². The van der Waals surface area contributed by atoms with Gasteiger partial charge in [-0.15, -0.1) is 0 Å². The number of hydrogen-bond donors (Lipinski definition) is 2. The van der Waals surface area contributed by atoms with Crippen LogP contribution >= 0.6 is 0 Å². The van der Waals surface area contributed by atoms with Gasteiger partial charge < -0.3 is 14.6 Å². The summed E-state index contributed by atoms with van der Waals surface area (Å²) in [7, 11) is 0. The van der Waals surface area contributed by atoms with Gasteiger partial charge in [0.1, 0.15) is 0 Å². The number of hydrogen-bond acceptors (Lipinski definition) is 4. The van der Waals surface area contributed by atoms with Gasteiger partial charge in [-0.05, 0) is 43.5 Å². The summed E-state index contributed by atoms with van der Waals surface area (Å²) in [4.78, 5) is 31.7. The second kappa shape index (κ2) is 9.14. The Morgan fingerprint density at radius 2 is 1.97 bits per heavy atom. The van der Waals surface area contributed by atoms with Gasteiger partial charge in [0.05, 0.1) is 23.7 Å². The van der Waals surface area contributed by atoms with Gasteiger partial charge in [-0.25, -0.2) is 4.98 Å². The van der Waals surface area contributed by atoms with E-state index in [0.717, 1.165) is 30.3 Å². The molecule has 7 nitrogen and oxygen atoms in total. The largest absolute Gasteiger partial charge is 0.392 e. The molecule has 31 heavy (non-hydrogen) atoms.